The van der Waals surface area contributed by atoms with E-state index in [2.05, 4.69) is 10.1 Å². The van der Waals surface area contributed by atoms with Crippen LogP contribution in [0, 0.1) is 12.7 Å². The van der Waals surface area contributed by atoms with E-state index in [-0.39, 0.29) is 23.9 Å². The van der Waals surface area contributed by atoms with Gasteiger partial charge in [-0.2, -0.15) is 4.98 Å². The van der Waals surface area contributed by atoms with E-state index in [0.717, 1.165) is 11.1 Å². The lowest BCUT2D eigenvalue weighted by Gasteiger charge is -2.17. The van der Waals surface area contributed by atoms with Gasteiger partial charge in [0.1, 0.15) is 11.6 Å². The quantitative estimate of drug-likeness (QED) is 0.665. The molecule has 2 heterocycles. The second kappa shape index (κ2) is 7.42. The maximum atomic E-state index is 14.3. The van der Waals surface area contributed by atoms with Crippen molar-refractivity contribution in [3.63, 3.8) is 0 Å². The number of carbonyl (C=O) groups excluding carboxylic acids is 1. The van der Waals surface area contributed by atoms with Crippen molar-refractivity contribution in [1.82, 2.24) is 10.1 Å². The van der Waals surface area contributed by atoms with Gasteiger partial charge in [-0.15, -0.1) is 0 Å². The van der Waals surface area contributed by atoms with E-state index in [4.69, 9.17) is 9.26 Å². The zero-order chi connectivity index (χ0) is 19.7. The van der Waals surface area contributed by atoms with Crippen molar-refractivity contribution in [1.29, 1.82) is 0 Å². The molecule has 6 nitrogen and oxygen atoms in total. The number of hydrogen-bond acceptors (Lipinski definition) is 5. The molecule has 28 heavy (non-hydrogen) atoms. The summed E-state index contributed by atoms with van der Waals surface area (Å²) in [5.74, 6) is 0.584. The fraction of sp³-hybridized carbons (Fsp3) is 0.286. The first-order valence-corrected chi connectivity index (χ1v) is 9.19. The van der Waals surface area contributed by atoms with Crippen molar-refractivity contribution >= 4 is 11.6 Å². The zero-order valence-electron chi connectivity index (χ0n) is 15.7. The molecule has 1 aliphatic heterocycles. The third kappa shape index (κ3) is 3.35. The standard InChI is InChI=1S/C21H20FN3O3/c1-3-27-18-7-5-4-6-15(18)20-23-21(28-24-20)14-11-19(26)25(12-14)17-9-8-13(2)10-16(17)22/h4-10,14H,3,11-12H2,1-2H3. The van der Waals surface area contributed by atoms with E-state index >= 15 is 0 Å². The Kier molecular flexibility index (Phi) is 4.81. The van der Waals surface area contributed by atoms with Gasteiger partial charge >= 0.3 is 0 Å². The average Bonchev–Trinajstić information content (AvgIpc) is 3.30. The summed E-state index contributed by atoms with van der Waals surface area (Å²) in [6.45, 7) is 4.53. The summed E-state index contributed by atoms with van der Waals surface area (Å²) in [5.41, 5.74) is 1.81. The average molecular weight is 381 g/mol. The Bertz CT molecular complexity index is 1020. The molecule has 4 rings (SSSR count). The summed E-state index contributed by atoms with van der Waals surface area (Å²) in [7, 11) is 0. The highest BCUT2D eigenvalue weighted by atomic mass is 19.1. The summed E-state index contributed by atoms with van der Waals surface area (Å²) in [6.07, 6.45) is 0.196. The van der Waals surface area contributed by atoms with Crippen molar-refractivity contribution in [2.24, 2.45) is 0 Å². The summed E-state index contributed by atoms with van der Waals surface area (Å²) in [5, 5.41) is 4.06. The van der Waals surface area contributed by atoms with Crippen LogP contribution in [0.1, 0.15) is 30.7 Å². The van der Waals surface area contributed by atoms with E-state index in [0.29, 0.717) is 30.6 Å². The van der Waals surface area contributed by atoms with E-state index in [1.807, 2.05) is 38.1 Å². The van der Waals surface area contributed by atoms with Crippen molar-refractivity contribution in [3.8, 4) is 17.1 Å². The number of aromatic nitrogens is 2. The Morgan fingerprint density at radius 3 is 2.89 bits per heavy atom. The maximum absolute atomic E-state index is 14.3. The van der Waals surface area contributed by atoms with Crippen LogP contribution in [0.15, 0.2) is 47.0 Å². The predicted molar refractivity (Wildman–Crippen MR) is 102 cm³/mol. The first-order valence-electron chi connectivity index (χ1n) is 9.19. The molecule has 7 heteroatoms. The molecular weight excluding hydrogens is 361 g/mol. The highest BCUT2D eigenvalue weighted by Gasteiger charge is 2.36. The van der Waals surface area contributed by atoms with Crippen molar-refractivity contribution in [3.05, 3.63) is 59.7 Å². The fourth-order valence-electron chi connectivity index (χ4n) is 3.38. The van der Waals surface area contributed by atoms with Crippen LogP contribution in [0.4, 0.5) is 10.1 Å². The summed E-state index contributed by atoms with van der Waals surface area (Å²) in [4.78, 5) is 18.4. The fourth-order valence-corrected chi connectivity index (χ4v) is 3.38. The third-order valence-corrected chi connectivity index (χ3v) is 4.74. The Morgan fingerprint density at radius 1 is 1.29 bits per heavy atom. The Hall–Kier alpha value is -3.22. The molecule has 0 bridgehead atoms. The van der Waals surface area contributed by atoms with Crippen LogP contribution in [0.5, 0.6) is 5.75 Å². The number of para-hydroxylation sites is 1. The zero-order valence-corrected chi connectivity index (χ0v) is 15.7. The van der Waals surface area contributed by atoms with Gasteiger partial charge in [0.25, 0.3) is 0 Å². The molecule has 1 unspecified atom stereocenters. The smallest absolute Gasteiger partial charge is 0.232 e. The van der Waals surface area contributed by atoms with Gasteiger partial charge in [0.05, 0.1) is 23.8 Å². The number of aryl methyl sites for hydroxylation is 1. The topological polar surface area (TPSA) is 68.5 Å². The molecule has 2 aromatic carbocycles. The summed E-state index contributed by atoms with van der Waals surface area (Å²) < 4.78 is 25.3. The van der Waals surface area contributed by atoms with Crippen LogP contribution in [0.25, 0.3) is 11.4 Å². The lowest BCUT2D eigenvalue weighted by atomic mass is 10.1. The van der Waals surface area contributed by atoms with Gasteiger partial charge in [0.15, 0.2) is 0 Å². The molecule has 0 spiro atoms. The van der Waals surface area contributed by atoms with Crippen LogP contribution >= 0.6 is 0 Å². The largest absolute Gasteiger partial charge is 0.493 e. The van der Waals surface area contributed by atoms with E-state index in [1.54, 1.807) is 12.1 Å². The van der Waals surface area contributed by atoms with E-state index in [9.17, 15) is 9.18 Å². The molecule has 0 aliphatic carbocycles. The minimum atomic E-state index is -0.411. The molecule has 1 aliphatic rings. The second-order valence-corrected chi connectivity index (χ2v) is 6.75. The highest BCUT2D eigenvalue weighted by molar-refractivity contribution is 5.96. The number of halogens is 1. The van der Waals surface area contributed by atoms with E-state index in [1.165, 1.54) is 11.0 Å². The molecule has 1 saturated heterocycles. The van der Waals surface area contributed by atoms with Crippen LogP contribution in [0.3, 0.4) is 0 Å². The Balaban J connectivity index is 1.58. The van der Waals surface area contributed by atoms with Gasteiger partial charge in [-0.1, -0.05) is 23.4 Å². The number of benzene rings is 2. The van der Waals surface area contributed by atoms with Gasteiger partial charge in [0, 0.05) is 13.0 Å². The molecule has 1 atom stereocenters. The summed E-state index contributed by atoms with van der Waals surface area (Å²) >= 11 is 0. The Morgan fingerprint density at radius 2 is 2.11 bits per heavy atom. The van der Waals surface area contributed by atoms with Crippen LogP contribution < -0.4 is 9.64 Å². The molecule has 0 saturated carbocycles. The highest BCUT2D eigenvalue weighted by Crippen LogP contribution is 2.34. The van der Waals surface area contributed by atoms with Gasteiger partial charge in [0.2, 0.25) is 17.6 Å². The Labute approximate surface area is 161 Å². The minimum absolute atomic E-state index is 0.165. The monoisotopic (exact) mass is 381 g/mol. The third-order valence-electron chi connectivity index (χ3n) is 4.74. The predicted octanol–water partition coefficient (Wildman–Crippen LogP) is 4.10. The molecule has 144 valence electrons. The number of ether oxygens (including phenoxy) is 1. The first-order chi connectivity index (χ1) is 13.6. The molecule has 0 N–H and O–H groups in total. The number of nitrogens with zero attached hydrogens (tertiary/aromatic N) is 3. The van der Waals surface area contributed by atoms with E-state index < -0.39 is 5.82 Å². The van der Waals surface area contributed by atoms with Crippen molar-refractivity contribution in [2.45, 2.75) is 26.2 Å². The maximum Gasteiger partial charge on any atom is 0.232 e. The lowest BCUT2D eigenvalue weighted by Crippen LogP contribution is -2.25. The molecular formula is C21H20FN3O3. The van der Waals surface area contributed by atoms with Crippen molar-refractivity contribution in [2.75, 3.05) is 18.1 Å². The lowest BCUT2D eigenvalue weighted by molar-refractivity contribution is -0.117. The van der Waals surface area contributed by atoms with Crippen LogP contribution in [0.2, 0.25) is 0 Å². The number of carbonyl (C=O) groups is 1. The van der Waals surface area contributed by atoms with Gasteiger partial charge in [-0.25, -0.2) is 4.39 Å². The van der Waals surface area contributed by atoms with Gasteiger partial charge in [-0.3, -0.25) is 4.79 Å². The van der Waals surface area contributed by atoms with Gasteiger partial charge < -0.3 is 14.2 Å². The first kappa shape index (κ1) is 18.2. The van der Waals surface area contributed by atoms with Gasteiger partial charge in [-0.05, 0) is 43.7 Å². The van der Waals surface area contributed by atoms with Crippen molar-refractivity contribution < 1.29 is 18.4 Å². The number of amides is 1. The van der Waals surface area contributed by atoms with Crippen LogP contribution in [-0.4, -0.2) is 29.2 Å². The number of hydrogen-bond donors (Lipinski definition) is 0. The minimum Gasteiger partial charge on any atom is -0.493 e. The normalized spacial score (nSPS) is 16.6. The molecule has 1 aromatic heterocycles. The molecule has 3 aromatic rings. The molecule has 1 amide bonds. The number of rotatable bonds is 5. The number of anilines is 1. The SMILES string of the molecule is CCOc1ccccc1-c1noc(C2CC(=O)N(c3ccc(C)cc3F)C2)n1. The summed E-state index contributed by atoms with van der Waals surface area (Å²) in [6, 6.07) is 12.3. The second-order valence-electron chi connectivity index (χ2n) is 6.75. The van der Waals surface area contributed by atoms with Crippen LogP contribution in [-0.2, 0) is 4.79 Å². The molecule has 1 fully saturated rings. The molecule has 0 radical (unpaired) electrons.